The van der Waals surface area contributed by atoms with Gasteiger partial charge in [-0.3, -0.25) is 5.41 Å². The van der Waals surface area contributed by atoms with E-state index in [0.717, 1.165) is 16.4 Å². The molecule has 0 saturated carbocycles. The summed E-state index contributed by atoms with van der Waals surface area (Å²) < 4.78 is 11.0. The van der Waals surface area contributed by atoms with Crippen molar-refractivity contribution in [1.82, 2.24) is 9.97 Å². The van der Waals surface area contributed by atoms with Crippen LogP contribution in [0.25, 0.3) is 0 Å². The Morgan fingerprint density at radius 1 is 1.15 bits per heavy atom. The molecule has 0 spiro atoms. The SMILES string of the molecule is N=C(N)c1nccnc1Sc1ccc2c(c1)OCCO2. The third-order valence-corrected chi connectivity index (χ3v) is 3.63. The van der Waals surface area contributed by atoms with E-state index in [2.05, 4.69) is 9.97 Å². The fraction of sp³-hybridized carbons (Fsp3) is 0.154. The summed E-state index contributed by atoms with van der Waals surface area (Å²) in [5, 5.41) is 8.10. The fourth-order valence-corrected chi connectivity index (χ4v) is 2.68. The minimum absolute atomic E-state index is 0.0989. The molecule has 0 atom stereocenters. The Labute approximate surface area is 119 Å². The van der Waals surface area contributed by atoms with E-state index in [9.17, 15) is 0 Å². The van der Waals surface area contributed by atoms with E-state index in [4.69, 9.17) is 20.6 Å². The third kappa shape index (κ3) is 2.53. The second kappa shape index (κ2) is 5.38. The van der Waals surface area contributed by atoms with Gasteiger partial charge in [0.2, 0.25) is 0 Å². The lowest BCUT2D eigenvalue weighted by atomic mass is 10.3. The van der Waals surface area contributed by atoms with Crippen LogP contribution < -0.4 is 15.2 Å². The van der Waals surface area contributed by atoms with Gasteiger partial charge in [0.05, 0.1) is 0 Å². The number of ether oxygens (including phenoxy) is 2. The molecule has 102 valence electrons. The van der Waals surface area contributed by atoms with Crippen LogP contribution in [0.5, 0.6) is 11.5 Å². The van der Waals surface area contributed by atoms with Crippen LogP contribution in [0.1, 0.15) is 5.69 Å². The molecule has 0 saturated heterocycles. The molecule has 6 nitrogen and oxygen atoms in total. The average molecular weight is 288 g/mol. The third-order valence-electron chi connectivity index (χ3n) is 2.65. The fourth-order valence-electron chi connectivity index (χ4n) is 1.78. The van der Waals surface area contributed by atoms with E-state index in [-0.39, 0.29) is 5.84 Å². The first kappa shape index (κ1) is 12.7. The van der Waals surface area contributed by atoms with Crippen LogP contribution in [0, 0.1) is 5.41 Å². The second-order valence-electron chi connectivity index (χ2n) is 4.03. The van der Waals surface area contributed by atoms with Gasteiger partial charge in [-0.2, -0.15) is 0 Å². The minimum atomic E-state index is -0.0989. The number of hydrogen-bond donors (Lipinski definition) is 2. The van der Waals surface area contributed by atoms with Gasteiger partial charge in [0.25, 0.3) is 0 Å². The smallest absolute Gasteiger partial charge is 0.162 e. The number of benzene rings is 1. The van der Waals surface area contributed by atoms with E-state index in [1.807, 2.05) is 18.2 Å². The highest BCUT2D eigenvalue weighted by Crippen LogP contribution is 2.36. The monoisotopic (exact) mass is 288 g/mol. The van der Waals surface area contributed by atoms with Crippen molar-refractivity contribution in [3.05, 3.63) is 36.3 Å². The van der Waals surface area contributed by atoms with Crippen molar-refractivity contribution >= 4 is 17.6 Å². The van der Waals surface area contributed by atoms with Crippen molar-refractivity contribution in [3.63, 3.8) is 0 Å². The summed E-state index contributed by atoms with van der Waals surface area (Å²) in [7, 11) is 0. The minimum Gasteiger partial charge on any atom is -0.486 e. The number of nitrogen functional groups attached to an aromatic ring is 1. The average Bonchev–Trinajstić information content (AvgIpc) is 2.47. The highest BCUT2D eigenvalue weighted by atomic mass is 32.2. The molecule has 0 unspecified atom stereocenters. The zero-order valence-electron chi connectivity index (χ0n) is 10.5. The van der Waals surface area contributed by atoms with Crippen molar-refractivity contribution < 1.29 is 9.47 Å². The van der Waals surface area contributed by atoms with Gasteiger partial charge in [0.15, 0.2) is 11.5 Å². The van der Waals surface area contributed by atoms with Gasteiger partial charge in [0, 0.05) is 17.3 Å². The van der Waals surface area contributed by atoms with Gasteiger partial charge in [-0.25, -0.2) is 9.97 Å². The molecule has 2 aromatic rings. The quantitative estimate of drug-likeness (QED) is 0.659. The summed E-state index contributed by atoms with van der Waals surface area (Å²) in [4.78, 5) is 9.22. The van der Waals surface area contributed by atoms with Gasteiger partial charge >= 0.3 is 0 Å². The van der Waals surface area contributed by atoms with Crippen LogP contribution in [0.4, 0.5) is 0 Å². The Hall–Kier alpha value is -2.28. The largest absolute Gasteiger partial charge is 0.486 e. The summed E-state index contributed by atoms with van der Waals surface area (Å²) in [6.07, 6.45) is 3.09. The normalized spacial score (nSPS) is 13.0. The van der Waals surface area contributed by atoms with Crippen molar-refractivity contribution in [1.29, 1.82) is 5.41 Å². The molecule has 2 heterocycles. The topological polar surface area (TPSA) is 94.1 Å². The molecule has 0 radical (unpaired) electrons. The Balaban J connectivity index is 1.90. The summed E-state index contributed by atoms with van der Waals surface area (Å²) in [6, 6.07) is 5.66. The Kier molecular flexibility index (Phi) is 3.42. The molecule has 0 amide bonds. The highest BCUT2D eigenvalue weighted by molar-refractivity contribution is 7.99. The first-order chi connectivity index (χ1) is 9.74. The number of nitrogens with one attached hydrogen (secondary N) is 1. The predicted octanol–water partition coefficient (Wildman–Crippen LogP) is 1.68. The zero-order valence-corrected chi connectivity index (χ0v) is 11.3. The number of fused-ring (bicyclic) bond motifs is 1. The number of amidine groups is 1. The summed E-state index contributed by atoms with van der Waals surface area (Å²) >= 11 is 1.39. The molecule has 20 heavy (non-hydrogen) atoms. The molecule has 1 aromatic heterocycles. The van der Waals surface area contributed by atoms with E-state index in [1.165, 1.54) is 18.0 Å². The standard InChI is InChI=1S/C13H12N4O2S/c14-12(15)11-13(17-4-3-16-11)20-8-1-2-9-10(7-8)19-6-5-18-9/h1-4,7H,5-6H2,(H3,14,15). The lowest BCUT2D eigenvalue weighted by Gasteiger charge is -2.18. The van der Waals surface area contributed by atoms with Crippen LogP contribution in [-0.2, 0) is 0 Å². The molecule has 3 N–H and O–H groups in total. The summed E-state index contributed by atoms with van der Waals surface area (Å²) in [5.74, 6) is 1.36. The predicted molar refractivity (Wildman–Crippen MR) is 74.6 cm³/mol. The van der Waals surface area contributed by atoms with E-state index in [1.54, 1.807) is 6.20 Å². The van der Waals surface area contributed by atoms with Gasteiger partial charge in [0.1, 0.15) is 29.8 Å². The molecule has 0 fully saturated rings. The van der Waals surface area contributed by atoms with Gasteiger partial charge in [-0.15, -0.1) is 0 Å². The number of rotatable bonds is 3. The molecule has 1 aliphatic heterocycles. The molecule has 0 aliphatic carbocycles. The molecule has 1 aliphatic rings. The maximum Gasteiger partial charge on any atom is 0.162 e. The van der Waals surface area contributed by atoms with Crippen LogP contribution in [0.3, 0.4) is 0 Å². The van der Waals surface area contributed by atoms with Crippen LogP contribution in [0.2, 0.25) is 0 Å². The summed E-state index contributed by atoms with van der Waals surface area (Å²) in [6.45, 7) is 1.11. The number of nitrogens with zero attached hydrogens (tertiary/aromatic N) is 2. The molecule has 3 rings (SSSR count). The lowest BCUT2D eigenvalue weighted by Crippen LogP contribution is -2.15. The van der Waals surface area contributed by atoms with Crippen molar-refractivity contribution in [2.24, 2.45) is 5.73 Å². The zero-order chi connectivity index (χ0) is 13.9. The summed E-state index contributed by atoms with van der Waals surface area (Å²) in [5.41, 5.74) is 5.88. The number of hydrogen-bond acceptors (Lipinski definition) is 6. The maximum absolute atomic E-state index is 7.51. The van der Waals surface area contributed by atoms with Gasteiger partial charge < -0.3 is 15.2 Å². The maximum atomic E-state index is 7.51. The molecular weight excluding hydrogens is 276 g/mol. The van der Waals surface area contributed by atoms with E-state index >= 15 is 0 Å². The van der Waals surface area contributed by atoms with Crippen LogP contribution >= 0.6 is 11.8 Å². The first-order valence-electron chi connectivity index (χ1n) is 5.97. The lowest BCUT2D eigenvalue weighted by molar-refractivity contribution is 0.171. The number of aromatic nitrogens is 2. The first-order valence-corrected chi connectivity index (χ1v) is 6.78. The van der Waals surface area contributed by atoms with Gasteiger partial charge in [-0.1, -0.05) is 11.8 Å². The van der Waals surface area contributed by atoms with Crippen molar-refractivity contribution in [3.8, 4) is 11.5 Å². The van der Waals surface area contributed by atoms with E-state index < -0.39 is 0 Å². The van der Waals surface area contributed by atoms with Crippen LogP contribution in [-0.4, -0.2) is 29.0 Å². The Bertz CT molecular complexity index is 663. The van der Waals surface area contributed by atoms with Crippen molar-refractivity contribution in [2.45, 2.75) is 9.92 Å². The Morgan fingerprint density at radius 3 is 2.70 bits per heavy atom. The van der Waals surface area contributed by atoms with E-state index in [0.29, 0.717) is 23.9 Å². The molecular formula is C13H12N4O2S. The van der Waals surface area contributed by atoms with Crippen LogP contribution in [0.15, 0.2) is 40.5 Å². The molecule has 0 bridgehead atoms. The van der Waals surface area contributed by atoms with Crippen molar-refractivity contribution in [2.75, 3.05) is 13.2 Å². The highest BCUT2D eigenvalue weighted by Gasteiger charge is 2.14. The number of nitrogens with two attached hydrogens (primary N) is 1. The Morgan fingerprint density at radius 2 is 1.90 bits per heavy atom. The van der Waals surface area contributed by atoms with Gasteiger partial charge in [-0.05, 0) is 18.2 Å². The molecule has 1 aromatic carbocycles. The molecule has 7 heteroatoms. The second-order valence-corrected chi connectivity index (χ2v) is 5.09.